The Labute approximate surface area is 169 Å². The number of piperidine rings is 2. The van der Waals surface area contributed by atoms with E-state index in [0.29, 0.717) is 6.04 Å². The molecule has 0 radical (unpaired) electrons. The molecule has 27 heavy (non-hydrogen) atoms. The number of likely N-dealkylation sites (tertiary alicyclic amines) is 1. The monoisotopic (exact) mass is 391 g/mol. The van der Waals surface area contributed by atoms with Crippen LogP contribution in [0.25, 0.3) is 0 Å². The van der Waals surface area contributed by atoms with Crippen LogP contribution in [0.1, 0.15) is 39.5 Å². The highest BCUT2D eigenvalue weighted by atomic mass is 32.1. The van der Waals surface area contributed by atoms with E-state index >= 15 is 0 Å². The fourth-order valence-electron chi connectivity index (χ4n) is 4.57. The highest BCUT2D eigenvalue weighted by Crippen LogP contribution is 2.24. The number of guanidine groups is 1. The molecule has 0 bridgehead atoms. The van der Waals surface area contributed by atoms with Crippen molar-refractivity contribution in [3.63, 3.8) is 0 Å². The molecule has 0 aliphatic carbocycles. The van der Waals surface area contributed by atoms with Gasteiger partial charge in [-0.2, -0.15) is 0 Å². The summed E-state index contributed by atoms with van der Waals surface area (Å²) in [5.74, 6) is 2.65. The lowest BCUT2D eigenvalue weighted by molar-refractivity contribution is 0.140. The Hall–Kier alpha value is -1.27. The fourth-order valence-corrected chi connectivity index (χ4v) is 5.35. The van der Waals surface area contributed by atoms with Gasteiger partial charge in [-0.15, -0.1) is 11.3 Å². The minimum atomic E-state index is 0.524. The minimum Gasteiger partial charge on any atom is -0.363 e. The number of nitrogens with one attached hydrogen (secondary N) is 2. The number of aliphatic imine (C=N–C) groups is 1. The molecule has 3 heterocycles. The van der Waals surface area contributed by atoms with Gasteiger partial charge in [-0.25, -0.2) is 0 Å². The predicted molar refractivity (Wildman–Crippen MR) is 118 cm³/mol. The van der Waals surface area contributed by atoms with Crippen LogP contribution in [0.5, 0.6) is 0 Å². The van der Waals surface area contributed by atoms with E-state index in [1.807, 2.05) is 18.4 Å². The smallest absolute Gasteiger partial charge is 0.191 e. The zero-order valence-corrected chi connectivity index (χ0v) is 18.1. The minimum absolute atomic E-state index is 0.524. The molecule has 2 saturated heterocycles. The zero-order chi connectivity index (χ0) is 19.1. The molecule has 2 unspecified atom stereocenters. The van der Waals surface area contributed by atoms with Gasteiger partial charge in [0, 0.05) is 45.8 Å². The Morgan fingerprint density at radius 1 is 1.22 bits per heavy atom. The Morgan fingerprint density at radius 3 is 2.59 bits per heavy atom. The first-order chi connectivity index (χ1) is 13.1. The molecule has 1 aromatic rings. The zero-order valence-electron chi connectivity index (χ0n) is 17.3. The first-order valence-corrected chi connectivity index (χ1v) is 11.5. The number of thiophene rings is 1. The van der Waals surface area contributed by atoms with Gasteiger partial charge in [-0.05, 0) is 61.6 Å². The second kappa shape index (κ2) is 10.3. The summed E-state index contributed by atoms with van der Waals surface area (Å²) in [6.07, 6.45) is 4.90. The van der Waals surface area contributed by atoms with Crippen molar-refractivity contribution in [1.82, 2.24) is 15.5 Å². The number of hydrogen-bond donors (Lipinski definition) is 2. The summed E-state index contributed by atoms with van der Waals surface area (Å²) < 4.78 is 0. The fraction of sp³-hybridized carbons (Fsp3) is 0.762. The second-order valence-corrected chi connectivity index (χ2v) is 9.34. The molecule has 3 rings (SSSR count). The van der Waals surface area contributed by atoms with E-state index in [0.717, 1.165) is 37.4 Å². The Morgan fingerprint density at radius 2 is 1.96 bits per heavy atom. The standard InChI is InChI=1S/C21H37N5S/c1-17-14-18(2)16-25(15-17)10-5-9-23-21(22-3)24-19-7-11-26(12-8-19)20-6-4-13-27-20/h4,6,13,17-19H,5,7-12,14-16H2,1-3H3,(H2,22,23,24). The molecule has 6 heteroatoms. The van der Waals surface area contributed by atoms with Gasteiger partial charge in [0.05, 0.1) is 5.00 Å². The molecule has 152 valence electrons. The summed E-state index contributed by atoms with van der Waals surface area (Å²) >= 11 is 1.84. The summed E-state index contributed by atoms with van der Waals surface area (Å²) in [7, 11) is 1.88. The van der Waals surface area contributed by atoms with Crippen LogP contribution in [0.2, 0.25) is 0 Å². The van der Waals surface area contributed by atoms with Crippen LogP contribution in [0.4, 0.5) is 5.00 Å². The third-order valence-corrected chi connectivity index (χ3v) is 6.69. The maximum atomic E-state index is 4.43. The molecule has 0 spiro atoms. The van der Waals surface area contributed by atoms with Crippen molar-refractivity contribution in [2.45, 2.75) is 45.6 Å². The highest BCUT2D eigenvalue weighted by Gasteiger charge is 2.22. The molecule has 0 amide bonds. The summed E-state index contributed by atoms with van der Waals surface area (Å²) in [5, 5.41) is 10.7. The van der Waals surface area contributed by atoms with Crippen LogP contribution in [0.15, 0.2) is 22.5 Å². The highest BCUT2D eigenvalue weighted by molar-refractivity contribution is 7.14. The van der Waals surface area contributed by atoms with Gasteiger partial charge in [0.15, 0.2) is 5.96 Å². The molecule has 2 fully saturated rings. The van der Waals surface area contributed by atoms with Crippen molar-refractivity contribution in [3.8, 4) is 0 Å². The molecule has 2 aliphatic rings. The molecular weight excluding hydrogens is 354 g/mol. The van der Waals surface area contributed by atoms with Gasteiger partial charge < -0.3 is 20.4 Å². The van der Waals surface area contributed by atoms with Crippen LogP contribution in [-0.2, 0) is 0 Å². The predicted octanol–water partition coefficient (Wildman–Crippen LogP) is 3.25. The van der Waals surface area contributed by atoms with E-state index in [2.05, 4.69) is 56.8 Å². The average Bonchev–Trinajstić information content (AvgIpc) is 3.18. The number of rotatable bonds is 6. The Kier molecular flexibility index (Phi) is 7.82. The van der Waals surface area contributed by atoms with Crippen LogP contribution >= 0.6 is 11.3 Å². The maximum absolute atomic E-state index is 4.43. The first kappa shape index (κ1) is 20.5. The molecule has 5 nitrogen and oxygen atoms in total. The number of hydrogen-bond acceptors (Lipinski definition) is 4. The second-order valence-electron chi connectivity index (χ2n) is 8.42. The third kappa shape index (κ3) is 6.39. The van der Waals surface area contributed by atoms with E-state index < -0.39 is 0 Å². The maximum Gasteiger partial charge on any atom is 0.191 e. The summed E-state index contributed by atoms with van der Waals surface area (Å²) in [6, 6.07) is 4.89. The van der Waals surface area contributed by atoms with E-state index in [-0.39, 0.29) is 0 Å². The van der Waals surface area contributed by atoms with Crippen molar-refractivity contribution >= 4 is 22.3 Å². The van der Waals surface area contributed by atoms with Gasteiger partial charge in [0.2, 0.25) is 0 Å². The number of anilines is 1. The largest absolute Gasteiger partial charge is 0.363 e. The van der Waals surface area contributed by atoms with Crippen LogP contribution < -0.4 is 15.5 Å². The van der Waals surface area contributed by atoms with Gasteiger partial charge in [-0.3, -0.25) is 4.99 Å². The van der Waals surface area contributed by atoms with E-state index in [1.165, 1.54) is 50.3 Å². The molecule has 0 aromatic carbocycles. The SMILES string of the molecule is CN=C(NCCCN1CC(C)CC(C)C1)NC1CCN(c2cccs2)CC1. The van der Waals surface area contributed by atoms with Crippen molar-refractivity contribution in [1.29, 1.82) is 0 Å². The molecule has 2 atom stereocenters. The van der Waals surface area contributed by atoms with Gasteiger partial charge in [0.25, 0.3) is 0 Å². The van der Waals surface area contributed by atoms with E-state index in [9.17, 15) is 0 Å². The van der Waals surface area contributed by atoms with Crippen molar-refractivity contribution < 1.29 is 0 Å². The molecule has 2 aliphatic heterocycles. The van der Waals surface area contributed by atoms with Crippen molar-refractivity contribution in [3.05, 3.63) is 17.5 Å². The van der Waals surface area contributed by atoms with E-state index in [1.54, 1.807) is 0 Å². The quantitative estimate of drug-likeness (QED) is 0.444. The Balaban J connectivity index is 1.32. The van der Waals surface area contributed by atoms with Gasteiger partial charge >= 0.3 is 0 Å². The van der Waals surface area contributed by atoms with Crippen LogP contribution in [0, 0.1) is 11.8 Å². The lowest BCUT2D eigenvalue weighted by Gasteiger charge is -2.35. The first-order valence-electron chi connectivity index (χ1n) is 10.6. The van der Waals surface area contributed by atoms with Crippen LogP contribution in [0.3, 0.4) is 0 Å². The lowest BCUT2D eigenvalue weighted by atomic mass is 9.92. The topological polar surface area (TPSA) is 42.9 Å². The van der Waals surface area contributed by atoms with Crippen LogP contribution in [-0.4, -0.2) is 63.2 Å². The third-order valence-electron chi connectivity index (χ3n) is 5.77. The molecule has 2 N–H and O–H groups in total. The van der Waals surface area contributed by atoms with Crippen molar-refractivity contribution in [2.75, 3.05) is 51.2 Å². The Bertz CT molecular complexity index is 555. The summed E-state index contributed by atoms with van der Waals surface area (Å²) in [5.41, 5.74) is 0. The molecule has 1 aromatic heterocycles. The molecular formula is C21H37N5S. The lowest BCUT2D eigenvalue weighted by Crippen LogP contribution is -2.49. The van der Waals surface area contributed by atoms with Gasteiger partial charge in [-0.1, -0.05) is 13.8 Å². The average molecular weight is 392 g/mol. The summed E-state index contributed by atoms with van der Waals surface area (Å²) in [4.78, 5) is 9.56. The summed E-state index contributed by atoms with van der Waals surface area (Å²) in [6.45, 7) is 11.7. The normalized spacial score (nSPS) is 25.6. The van der Waals surface area contributed by atoms with Crippen molar-refractivity contribution in [2.24, 2.45) is 16.8 Å². The van der Waals surface area contributed by atoms with Gasteiger partial charge in [0.1, 0.15) is 0 Å². The number of nitrogens with zero attached hydrogens (tertiary/aromatic N) is 3. The van der Waals surface area contributed by atoms with E-state index in [4.69, 9.17) is 0 Å². The molecule has 0 saturated carbocycles.